The summed E-state index contributed by atoms with van der Waals surface area (Å²) < 4.78 is 42.5. The number of hydrogen-bond acceptors (Lipinski definition) is 4. The minimum atomic E-state index is -3.94. The summed E-state index contributed by atoms with van der Waals surface area (Å²) in [6.45, 7) is 0.956. The molecule has 2 aromatic rings. The van der Waals surface area contributed by atoms with E-state index in [-0.39, 0.29) is 30.4 Å². The smallest absolute Gasteiger partial charge is 0.331 e. The third-order valence-corrected chi connectivity index (χ3v) is 5.61. The highest BCUT2D eigenvalue weighted by Crippen LogP contribution is 2.46. The number of benzene rings is 2. The van der Waals surface area contributed by atoms with Crippen LogP contribution in [0.1, 0.15) is 6.42 Å². The van der Waals surface area contributed by atoms with Crippen LogP contribution in [0.25, 0.3) is 0 Å². The molecule has 25 heavy (non-hydrogen) atoms. The summed E-state index contributed by atoms with van der Waals surface area (Å²) in [4.78, 5) is 0. The molecule has 0 unspecified atom stereocenters. The number of phenolic OH excluding ortho intramolecular Hbond substituents is 1. The first-order valence-corrected chi connectivity index (χ1v) is 8.91. The van der Waals surface area contributed by atoms with Gasteiger partial charge in [-0.15, -0.1) is 12.4 Å². The molecule has 1 aliphatic heterocycles. The van der Waals surface area contributed by atoms with Crippen molar-refractivity contribution in [3.8, 4) is 5.75 Å². The molecule has 1 aliphatic rings. The molecule has 0 saturated heterocycles. The summed E-state index contributed by atoms with van der Waals surface area (Å²) in [5, 5.41) is 12.4. The van der Waals surface area contributed by atoms with E-state index in [1.807, 2.05) is 0 Å². The van der Waals surface area contributed by atoms with Gasteiger partial charge in [0.1, 0.15) is 5.75 Å². The molecular weight excluding hydrogens is 369 g/mol. The van der Waals surface area contributed by atoms with Crippen molar-refractivity contribution in [2.75, 3.05) is 28.7 Å². The molecule has 0 atom stereocenters. The SMILES string of the molecule is CNCCCN1c2ccccc2N(c2ccc(O)cc2F)S1(=O)=O.Cl. The molecular formula is C16H19ClFN3O3S. The zero-order chi connectivity index (χ0) is 17.3. The van der Waals surface area contributed by atoms with E-state index in [2.05, 4.69) is 5.32 Å². The van der Waals surface area contributed by atoms with Crippen molar-refractivity contribution in [1.82, 2.24) is 5.32 Å². The summed E-state index contributed by atoms with van der Waals surface area (Å²) in [6.07, 6.45) is 0.621. The van der Waals surface area contributed by atoms with Crippen LogP contribution in [0.3, 0.4) is 0 Å². The van der Waals surface area contributed by atoms with E-state index >= 15 is 0 Å². The third-order valence-electron chi connectivity index (χ3n) is 3.82. The highest BCUT2D eigenvalue weighted by atomic mass is 35.5. The second kappa shape index (κ2) is 7.47. The Balaban J connectivity index is 0.00000225. The fourth-order valence-corrected chi connectivity index (χ4v) is 4.50. The second-order valence-electron chi connectivity index (χ2n) is 5.43. The molecule has 2 N–H and O–H groups in total. The largest absolute Gasteiger partial charge is 0.508 e. The van der Waals surface area contributed by atoms with Gasteiger partial charge in [-0.25, -0.2) is 8.70 Å². The molecule has 0 spiro atoms. The number of hydrogen-bond donors (Lipinski definition) is 2. The lowest BCUT2D eigenvalue weighted by atomic mass is 10.2. The Morgan fingerprint density at radius 3 is 2.44 bits per heavy atom. The molecule has 6 nitrogen and oxygen atoms in total. The maximum Gasteiger partial charge on any atom is 0.331 e. The summed E-state index contributed by atoms with van der Waals surface area (Å²) >= 11 is 0. The minimum Gasteiger partial charge on any atom is -0.508 e. The van der Waals surface area contributed by atoms with Crippen molar-refractivity contribution < 1.29 is 17.9 Å². The number of fused-ring (bicyclic) bond motifs is 1. The van der Waals surface area contributed by atoms with E-state index in [1.165, 1.54) is 16.4 Å². The Morgan fingerprint density at radius 2 is 1.80 bits per heavy atom. The Labute approximate surface area is 152 Å². The van der Waals surface area contributed by atoms with Gasteiger partial charge in [-0.3, -0.25) is 4.31 Å². The van der Waals surface area contributed by atoms with Crippen LogP contribution in [-0.2, 0) is 10.2 Å². The molecule has 0 saturated carbocycles. The molecule has 9 heteroatoms. The zero-order valence-corrected chi connectivity index (χ0v) is 15.1. The van der Waals surface area contributed by atoms with Crippen LogP contribution in [-0.4, -0.2) is 33.7 Å². The Kier molecular flexibility index (Phi) is 5.76. The highest BCUT2D eigenvalue weighted by Gasteiger charge is 2.41. The topological polar surface area (TPSA) is 72.9 Å². The van der Waals surface area contributed by atoms with E-state index in [4.69, 9.17) is 0 Å². The van der Waals surface area contributed by atoms with E-state index in [9.17, 15) is 17.9 Å². The van der Waals surface area contributed by atoms with Gasteiger partial charge in [-0.2, -0.15) is 8.42 Å². The zero-order valence-electron chi connectivity index (χ0n) is 13.5. The van der Waals surface area contributed by atoms with Crippen molar-refractivity contribution in [1.29, 1.82) is 0 Å². The molecule has 2 aromatic carbocycles. The Hall–Kier alpha value is -2.03. The average Bonchev–Trinajstić information content (AvgIpc) is 2.76. The molecule has 1 heterocycles. The van der Waals surface area contributed by atoms with Crippen LogP contribution < -0.4 is 13.9 Å². The van der Waals surface area contributed by atoms with Crippen molar-refractivity contribution in [3.05, 3.63) is 48.3 Å². The van der Waals surface area contributed by atoms with Gasteiger partial charge in [0, 0.05) is 12.6 Å². The summed E-state index contributed by atoms with van der Waals surface area (Å²) in [6, 6.07) is 10.2. The van der Waals surface area contributed by atoms with Gasteiger partial charge in [-0.05, 0) is 44.3 Å². The number of aromatic hydroxyl groups is 1. The van der Waals surface area contributed by atoms with Crippen molar-refractivity contribution >= 4 is 39.7 Å². The van der Waals surface area contributed by atoms with Gasteiger partial charge >= 0.3 is 10.2 Å². The second-order valence-corrected chi connectivity index (χ2v) is 7.13. The lowest BCUT2D eigenvalue weighted by Gasteiger charge is -2.22. The molecule has 136 valence electrons. The van der Waals surface area contributed by atoms with E-state index in [0.717, 1.165) is 10.4 Å². The lowest BCUT2D eigenvalue weighted by Crippen LogP contribution is -2.37. The number of rotatable bonds is 5. The Bertz CT molecular complexity index is 863. The number of nitrogens with one attached hydrogen (secondary N) is 1. The maximum atomic E-state index is 14.3. The molecule has 3 rings (SSSR count). The third kappa shape index (κ3) is 3.37. The predicted octanol–water partition coefficient (Wildman–Crippen LogP) is 2.77. The molecule has 0 amide bonds. The first kappa shape index (κ1) is 19.3. The van der Waals surface area contributed by atoms with Gasteiger partial charge < -0.3 is 10.4 Å². The molecule has 0 aliphatic carbocycles. The molecule has 0 fully saturated rings. The maximum absolute atomic E-state index is 14.3. The summed E-state index contributed by atoms with van der Waals surface area (Å²) in [7, 11) is -2.14. The summed E-state index contributed by atoms with van der Waals surface area (Å²) in [5.41, 5.74) is 0.795. The van der Waals surface area contributed by atoms with Crippen molar-refractivity contribution in [3.63, 3.8) is 0 Å². The highest BCUT2D eigenvalue weighted by molar-refractivity contribution is 7.95. The number of halogens is 2. The van der Waals surface area contributed by atoms with Crippen LogP contribution in [0.2, 0.25) is 0 Å². The van der Waals surface area contributed by atoms with Gasteiger partial charge in [0.05, 0.1) is 17.1 Å². The van der Waals surface area contributed by atoms with Crippen LogP contribution in [0.4, 0.5) is 21.5 Å². The predicted molar refractivity (Wildman–Crippen MR) is 98.7 cm³/mol. The average molecular weight is 388 g/mol. The standard InChI is InChI=1S/C16H18FN3O3S.ClH/c1-18-9-4-10-19-15-5-2-3-6-16(15)20(24(19,22)23)14-8-7-12(21)11-13(14)17;/h2-3,5-8,11,18,21H,4,9-10H2,1H3;1H. The molecule has 0 bridgehead atoms. The first-order valence-electron chi connectivity index (χ1n) is 7.52. The van der Waals surface area contributed by atoms with Gasteiger partial charge in [0.15, 0.2) is 5.82 Å². The number of para-hydroxylation sites is 2. The fourth-order valence-electron chi connectivity index (χ4n) is 2.74. The lowest BCUT2D eigenvalue weighted by molar-refractivity contribution is 0.469. The van der Waals surface area contributed by atoms with Gasteiger partial charge in [-0.1, -0.05) is 12.1 Å². The Morgan fingerprint density at radius 1 is 1.12 bits per heavy atom. The summed E-state index contributed by atoms with van der Waals surface area (Å²) in [5.74, 6) is -1.06. The quantitative estimate of drug-likeness (QED) is 0.774. The van der Waals surface area contributed by atoms with Gasteiger partial charge in [0.2, 0.25) is 0 Å². The van der Waals surface area contributed by atoms with Crippen LogP contribution >= 0.6 is 12.4 Å². The number of anilines is 3. The number of nitrogens with zero attached hydrogens (tertiary/aromatic N) is 2. The minimum absolute atomic E-state index is 0. The van der Waals surface area contributed by atoms with Crippen molar-refractivity contribution in [2.24, 2.45) is 0 Å². The van der Waals surface area contributed by atoms with Crippen LogP contribution in [0.15, 0.2) is 42.5 Å². The van der Waals surface area contributed by atoms with Crippen LogP contribution in [0, 0.1) is 5.82 Å². The normalized spacial score (nSPS) is 15.0. The van der Waals surface area contributed by atoms with E-state index in [1.54, 1.807) is 31.3 Å². The monoisotopic (exact) mass is 387 g/mol. The van der Waals surface area contributed by atoms with Crippen LogP contribution in [0.5, 0.6) is 5.75 Å². The fraction of sp³-hybridized carbons (Fsp3) is 0.250. The first-order chi connectivity index (χ1) is 11.5. The van der Waals surface area contributed by atoms with Gasteiger partial charge in [0.25, 0.3) is 0 Å². The molecule has 0 radical (unpaired) electrons. The number of phenols is 1. The van der Waals surface area contributed by atoms with E-state index < -0.39 is 16.0 Å². The van der Waals surface area contributed by atoms with Crippen molar-refractivity contribution in [2.45, 2.75) is 6.42 Å². The molecule has 0 aromatic heterocycles. The van der Waals surface area contributed by atoms with E-state index in [0.29, 0.717) is 24.3 Å².